The third-order valence-corrected chi connectivity index (χ3v) is 3.41. The van der Waals surface area contributed by atoms with E-state index in [1.165, 1.54) is 12.0 Å². The van der Waals surface area contributed by atoms with Gasteiger partial charge in [0.05, 0.1) is 0 Å². The minimum atomic E-state index is 0.554. The molecule has 1 aromatic heterocycles. The average Bonchev–Trinajstić information content (AvgIpc) is 2.43. The number of likely N-dealkylation sites (tertiary alicyclic amines) is 1. The first-order valence-corrected chi connectivity index (χ1v) is 5.32. The van der Waals surface area contributed by atoms with Crippen LogP contribution in [0, 0.1) is 5.92 Å². The van der Waals surface area contributed by atoms with Crippen LogP contribution >= 0.6 is 0 Å². The topological polar surface area (TPSA) is 16.1 Å². The van der Waals surface area contributed by atoms with Gasteiger partial charge in [-0.25, -0.2) is 0 Å². The predicted octanol–water partition coefficient (Wildman–Crippen LogP) is 2.48. The molecular formula is C12H18N2. The molecule has 1 fully saturated rings. The lowest BCUT2D eigenvalue weighted by atomic mass is 9.96. The van der Waals surface area contributed by atoms with Gasteiger partial charge in [0, 0.05) is 24.5 Å². The number of nitrogens with zero attached hydrogens (tertiary/aromatic N) is 2. The summed E-state index contributed by atoms with van der Waals surface area (Å²) >= 11 is 0. The largest absolute Gasteiger partial charge is 0.296 e. The van der Waals surface area contributed by atoms with Gasteiger partial charge in [0.15, 0.2) is 0 Å². The molecule has 2 unspecified atom stereocenters. The van der Waals surface area contributed by atoms with E-state index in [0.29, 0.717) is 12.1 Å². The second-order valence-electron chi connectivity index (χ2n) is 4.46. The normalized spacial score (nSPS) is 33.5. The van der Waals surface area contributed by atoms with Crippen molar-refractivity contribution in [2.24, 2.45) is 5.92 Å². The highest BCUT2D eigenvalue weighted by molar-refractivity contribution is 5.17. The molecule has 0 spiro atoms. The minimum absolute atomic E-state index is 0.554. The summed E-state index contributed by atoms with van der Waals surface area (Å²) in [6.45, 7) is 4.63. The van der Waals surface area contributed by atoms with E-state index in [-0.39, 0.29) is 0 Å². The van der Waals surface area contributed by atoms with Crippen molar-refractivity contribution in [1.82, 2.24) is 9.88 Å². The maximum atomic E-state index is 4.20. The highest BCUT2D eigenvalue weighted by Gasteiger charge is 2.34. The highest BCUT2D eigenvalue weighted by atomic mass is 15.2. The summed E-state index contributed by atoms with van der Waals surface area (Å²) in [5.41, 5.74) is 1.35. The van der Waals surface area contributed by atoms with E-state index in [9.17, 15) is 0 Å². The van der Waals surface area contributed by atoms with Crippen LogP contribution in [-0.4, -0.2) is 23.0 Å². The van der Waals surface area contributed by atoms with Crippen LogP contribution in [0.3, 0.4) is 0 Å². The van der Waals surface area contributed by atoms with Gasteiger partial charge < -0.3 is 0 Å². The molecule has 1 aliphatic heterocycles. The molecule has 0 radical (unpaired) electrons. The van der Waals surface area contributed by atoms with Gasteiger partial charge in [-0.2, -0.15) is 0 Å². The SMILES string of the molecule is CC1CC(C)N(C)[C@@H]1c1cccnc1. The van der Waals surface area contributed by atoms with Crippen molar-refractivity contribution >= 4 is 0 Å². The maximum absolute atomic E-state index is 4.20. The monoisotopic (exact) mass is 190 g/mol. The zero-order chi connectivity index (χ0) is 10.1. The third kappa shape index (κ3) is 1.55. The third-order valence-electron chi connectivity index (χ3n) is 3.41. The molecule has 14 heavy (non-hydrogen) atoms. The van der Waals surface area contributed by atoms with E-state index in [0.717, 1.165) is 5.92 Å². The molecule has 76 valence electrons. The highest BCUT2D eigenvalue weighted by Crippen LogP contribution is 2.38. The molecule has 2 heteroatoms. The Morgan fingerprint density at radius 1 is 1.43 bits per heavy atom. The number of hydrogen-bond donors (Lipinski definition) is 0. The van der Waals surface area contributed by atoms with Crippen molar-refractivity contribution in [1.29, 1.82) is 0 Å². The second kappa shape index (κ2) is 3.70. The van der Waals surface area contributed by atoms with E-state index in [2.05, 4.69) is 36.8 Å². The minimum Gasteiger partial charge on any atom is -0.296 e. The summed E-state index contributed by atoms with van der Waals surface area (Å²) in [6, 6.07) is 5.45. The van der Waals surface area contributed by atoms with Crippen molar-refractivity contribution in [2.45, 2.75) is 32.4 Å². The molecule has 0 saturated carbocycles. The van der Waals surface area contributed by atoms with Crippen LogP contribution in [0.15, 0.2) is 24.5 Å². The zero-order valence-corrected chi connectivity index (χ0v) is 9.14. The maximum Gasteiger partial charge on any atom is 0.0389 e. The van der Waals surface area contributed by atoms with Gasteiger partial charge >= 0.3 is 0 Å². The Hall–Kier alpha value is -0.890. The van der Waals surface area contributed by atoms with Crippen molar-refractivity contribution in [2.75, 3.05) is 7.05 Å². The summed E-state index contributed by atoms with van der Waals surface area (Å²) in [5.74, 6) is 0.735. The quantitative estimate of drug-likeness (QED) is 0.676. The molecule has 3 atom stereocenters. The van der Waals surface area contributed by atoms with Crippen molar-refractivity contribution in [3.8, 4) is 0 Å². The van der Waals surface area contributed by atoms with Crippen molar-refractivity contribution in [3.63, 3.8) is 0 Å². The average molecular weight is 190 g/mol. The second-order valence-corrected chi connectivity index (χ2v) is 4.46. The van der Waals surface area contributed by atoms with Crippen molar-refractivity contribution in [3.05, 3.63) is 30.1 Å². The van der Waals surface area contributed by atoms with Gasteiger partial charge in [-0.1, -0.05) is 13.0 Å². The van der Waals surface area contributed by atoms with Gasteiger partial charge in [0.1, 0.15) is 0 Å². The molecule has 0 N–H and O–H groups in total. The number of aromatic nitrogens is 1. The Balaban J connectivity index is 2.26. The number of hydrogen-bond acceptors (Lipinski definition) is 2. The number of rotatable bonds is 1. The molecule has 1 aromatic rings. The molecule has 0 aliphatic carbocycles. The first-order valence-electron chi connectivity index (χ1n) is 5.32. The molecule has 2 nitrogen and oxygen atoms in total. The Kier molecular flexibility index (Phi) is 2.55. The predicted molar refractivity (Wildman–Crippen MR) is 58.0 cm³/mol. The molecule has 1 saturated heterocycles. The van der Waals surface area contributed by atoms with Gasteiger partial charge in [0.2, 0.25) is 0 Å². The van der Waals surface area contributed by atoms with Crippen LogP contribution in [-0.2, 0) is 0 Å². The standard InChI is InChI=1S/C12H18N2/c1-9-7-10(2)14(3)12(9)11-5-4-6-13-8-11/h4-6,8-10,12H,7H2,1-3H3/t9?,10?,12-/m0/s1. The Bertz CT molecular complexity index is 296. The molecular weight excluding hydrogens is 172 g/mol. The van der Waals surface area contributed by atoms with Crippen LogP contribution in [0.4, 0.5) is 0 Å². The Labute approximate surface area is 86.0 Å². The van der Waals surface area contributed by atoms with Crippen LogP contribution in [0.2, 0.25) is 0 Å². The van der Waals surface area contributed by atoms with Crippen molar-refractivity contribution < 1.29 is 0 Å². The van der Waals surface area contributed by atoms with Gasteiger partial charge in [-0.15, -0.1) is 0 Å². The van der Waals surface area contributed by atoms with Crippen LogP contribution in [0.25, 0.3) is 0 Å². The fourth-order valence-corrected chi connectivity index (χ4v) is 2.62. The zero-order valence-electron chi connectivity index (χ0n) is 9.14. The lowest BCUT2D eigenvalue weighted by molar-refractivity contribution is 0.240. The van der Waals surface area contributed by atoms with Gasteiger partial charge in [0.25, 0.3) is 0 Å². The van der Waals surface area contributed by atoms with Crippen LogP contribution in [0.5, 0.6) is 0 Å². The lowest BCUT2D eigenvalue weighted by Gasteiger charge is -2.25. The first-order chi connectivity index (χ1) is 6.70. The fraction of sp³-hybridized carbons (Fsp3) is 0.583. The Morgan fingerprint density at radius 2 is 2.21 bits per heavy atom. The molecule has 1 aliphatic rings. The molecule has 2 rings (SSSR count). The number of pyridine rings is 1. The summed E-state index contributed by atoms with van der Waals surface area (Å²) in [6.07, 6.45) is 5.12. The molecule has 0 aromatic carbocycles. The van der Waals surface area contributed by atoms with Crippen LogP contribution in [0.1, 0.15) is 31.9 Å². The lowest BCUT2D eigenvalue weighted by Crippen LogP contribution is -2.25. The summed E-state index contributed by atoms with van der Waals surface area (Å²) in [4.78, 5) is 6.66. The van der Waals surface area contributed by atoms with Gasteiger partial charge in [-0.05, 0) is 37.9 Å². The smallest absolute Gasteiger partial charge is 0.0389 e. The van der Waals surface area contributed by atoms with E-state index in [1.54, 1.807) is 0 Å². The summed E-state index contributed by atoms with van der Waals surface area (Å²) < 4.78 is 0. The van der Waals surface area contributed by atoms with Gasteiger partial charge in [-0.3, -0.25) is 9.88 Å². The summed E-state index contributed by atoms with van der Waals surface area (Å²) in [5, 5.41) is 0. The molecule has 0 amide bonds. The molecule has 0 bridgehead atoms. The molecule has 2 heterocycles. The van der Waals surface area contributed by atoms with E-state index >= 15 is 0 Å². The summed E-state index contributed by atoms with van der Waals surface area (Å²) in [7, 11) is 2.21. The van der Waals surface area contributed by atoms with E-state index < -0.39 is 0 Å². The Morgan fingerprint density at radius 3 is 2.71 bits per heavy atom. The first kappa shape index (κ1) is 9.66. The fourth-order valence-electron chi connectivity index (χ4n) is 2.62. The van der Waals surface area contributed by atoms with Crippen LogP contribution < -0.4 is 0 Å². The van der Waals surface area contributed by atoms with E-state index in [4.69, 9.17) is 0 Å². The van der Waals surface area contributed by atoms with E-state index in [1.807, 2.05) is 18.5 Å².